The second-order valence-electron chi connectivity index (χ2n) is 6.26. The molecule has 2 rings (SSSR count). The molecule has 1 aliphatic carbocycles. The van der Waals surface area contributed by atoms with E-state index < -0.39 is 17.1 Å². The van der Waals surface area contributed by atoms with Gasteiger partial charge >= 0.3 is 6.09 Å². The molecule has 110 valence electrons. The van der Waals surface area contributed by atoms with Gasteiger partial charge in [0.05, 0.1) is 6.61 Å². The number of carbonyl (C=O) groups is 1. The summed E-state index contributed by atoms with van der Waals surface area (Å²) in [5.41, 5.74) is 0.100. The van der Waals surface area contributed by atoms with Crippen molar-refractivity contribution in [2.24, 2.45) is 0 Å². The third-order valence-electron chi connectivity index (χ3n) is 3.34. The second-order valence-corrected chi connectivity index (χ2v) is 6.26. The van der Waals surface area contributed by atoms with Crippen molar-refractivity contribution in [2.75, 3.05) is 11.9 Å². The Morgan fingerprint density at radius 3 is 2.60 bits per heavy atom. The van der Waals surface area contributed by atoms with Crippen molar-refractivity contribution in [1.82, 2.24) is 0 Å². The number of ether oxygens (including phenoxy) is 1. The molecule has 0 unspecified atom stereocenters. The van der Waals surface area contributed by atoms with E-state index in [1.165, 1.54) is 18.2 Å². The zero-order valence-corrected chi connectivity index (χ0v) is 12.0. The Labute approximate surface area is 117 Å². The van der Waals surface area contributed by atoms with Gasteiger partial charge in [0.1, 0.15) is 11.4 Å². The molecule has 0 aliphatic heterocycles. The highest BCUT2D eigenvalue weighted by molar-refractivity contribution is 5.86. The van der Waals surface area contributed by atoms with E-state index >= 15 is 0 Å². The summed E-state index contributed by atoms with van der Waals surface area (Å²) in [7, 11) is 0. The average molecular weight is 281 g/mol. The van der Waals surface area contributed by atoms with Crippen LogP contribution in [0.3, 0.4) is 0 Å². The van der Waals surface area contributed by atoms with E-state index in [-0.39, 0.29) is 12.4 Å². The molecule has 0 aromatic heterocycles. The number of aliphatic hydroxyl groups excluding tert-OH is 1. The fourth-order valence-corrected chi connectivity index (χ4v) is 2.14. The van der Waals surface area contributed by atoms with Gasteiger partial charge in [-0.15, -0.1) is 0 Å². The maximum Gasteiger partial charge on any atom is 0.412 e. The maximum atomic E-state index is 13.4. The number of hydrogen-bond donors (Lipinski definition) is 2. The van der Waals surface area contributed by atoms with Crippen molar-refractivity contribution in [1.29, 1.82) is 0 Å². The Hall–Kier alpha value is -1.62. The summed E-state index contributed by atoms with van der Waals surface area (Å²) >= 11 is 0. The van der Waals surface area contributed by atoms with Crippen LogP contribution in [0.4, 0.5) is 14.9 Å². The lowest BCUT2D eigenvalue weighted by Gasteiger charge is -2.22. The van der Waals surface area contributed by atoms with Gasteiger partial charge in [0.25, 0.3) is 0 Å². The second kappa shape index (κ2) is 5.05. The zero-order valence-electron chi connectivity index (χ0n) is 12.0. The number of benzene rings is 1. The number of carbonyl (C=O) groups excluding carboxylic acids is 1. The monoisotopic (exact) mass is 281 g/mol. The highest BCUT2D eigenvalue weighted by Crippen LogP contribution is 2.50. The van der Waals surface area contributed by atoms with Crippen LogP contribution < -0.4 is 5.32 Å². The van der Waals surface area contributed by atoms with Crippen molar-refractivity contribution >= 4 is 11.8 Å². The predicted octanol–water partition coefficient (Wildman–Crippen LogP) is 3.20. The quantitative estimate of drug-likeness (QED) is 0.894. The minimum absolute atomic E-state index is 0.0561. The number of hydrogen-bond acceptors (Lipinski definition) is 3. The van der Waals surface area contributed by atoms with Gasteiger partial charge in [-0.2, -0.15) is 0 Å². The van der Waals surface area contributed by atoms with Crippen LogP contribution in [0.1, 0.15) is 39.2 Å². The van der Waals surface area contributed by atoms with Gasteiger partial charge in [0.2, 0.25) is 0 Å². The van der Waals surface area contributed by atoms with E-state index in [0.717, 1.165) is 12.8 Å². The Morgan fingerprint density at radius 1 is 1.45 bits per heavy atom. The first-order chi connectivity index (χ1) is 9.26. The number of nitrogens with one attached hydrogen (secondary N) is 1. The molecule has 20 heavy (non-hydrogen) atoms. The third kappa shape index (κ3) is 3.28. The summed E-state index contributed by atoms with van der Waals surface area (Å²) in [6.07, 6.45) is 0.991. The molecule has 4 nitrogen and oxygen atoms in total. The molecule has 1 aromatic carbocycles. The van der Waals surface area contributed by atoms with Crippen LogP contribution in [-0.4, -0.2) is 23.4 Å². The first-order valence-corrected chi connectivity index (χ1v) is 6.67. The van der Waals surface area contributed by atoms with Gasteiger partial charge in [-0.25, -0.2) is 9.18 Å². The van der Waals surface area contributed by atoms with Crippen LogP contribution in [0, 0.1) is 5.82 Å². The lowest BCUT2D eigenvalue weighted by atomic mass is 9.95. The van der Waals surface area contributed by atoms with Crippen molar-refractivity contribution in [3.05, 3.63) is 29.6 Å². The largest absolute Gasteiger partial charge is 0.444 e. The van der Waals surface area contributed by atoms with Crippen molar-refractivity contribution in [2.45, 2.75) is 44.6 Å². The zero-order chi connectivity index (χ0) is 15.0. The van der Waals surface area contributed by atoms with E-state index in [1.54, 1.807) is 20.8 Å². The lowest BCUT2D eigenvalue weighted by molar-refractivity contribution is 0.0635. The summed E-state index contributed by atoms with van der Waals surface area (Å²) in [5.74, 6) is -0.380. The molecule has 0 bridgehead atoms. The van der Waals surface area contributed by atoms with Crippen LogP contribution in [0.5, 0.6) is 0 Å². The van der Waals surface area contributed by atoms with E-state index in [0.29, 0.717) is 11.3 Å². The maximum absolute atomic E-state index is 13.4. The van der Waals surface area contributed by atoms with Crippen LogP contribution in [0.2, 0.25) is 0 Å². The van der Waals surface area contributed by atoms with E-state index in [1.807, 2.05) is 0 Å². The summed E-state index contributed by atoms with van der Waals surface area (Å²) in [6.45, 7) is 5.26. The standard InChI is InChI=1S/C15H20FNO3/c1-14(2,3)20-13(19)17-12-5-4-10(16)8-11(12)15(9-18)6-7-15/h4-5,8,18H,6-7,9H2,1-3H3,(H,17,19). The highest BCUT2D eigenvalue weighted by Gasteiger charge is 2.45. The summed E-state index contributed by atoms with van der Waals surface area (Å²) in [4.78, 5) is 11.8. The molecule has 0 heterocycles. The van der Waals surface area contributed by atoms with Gasteiger partial charge in [-0.1, -0.05) is 0 Å². The molecule has 5 heteroatoms. The van der Waals surface area contributed by atoms with Gasteiger partial charge in [-0.3, -0.25) is 5.32 Å². The van der Waals surface area contributed by atoms with E-state index in [9.17, 15) is 14.3 Å². The highest BCUT2D eigenvalue weighted by atomic mass is 19.1. The molecule has 0 saturated heterocycles. The Morgan fingerprint density at radius 2 is 2.10 bits per heavy atom. The molecule has 0 spiro atoms. The summed E-state index contributed by atoms with van der Waals surface area (Å²) in [6, 6.07) is 4.16. The molecule has 1 saturated carbocycles. The van der Waals surface area contributed by atoms with Crippen LogP contribution in [0.15, 0.2) is 18.2 Å². The third-order valence-corrected chi connectivity index (χ3v) is 3.34. The molecular weight excluding hydrogens is 261 g/mol. The molecule has 0 atom stereocenters. The number of amides is 1. The molecule has 2 N–H and O–H groups in total. The number of halogens is 1. The summed E-state index contributed by atoms with van der Waals surface area (Å²) < 4.78 is 18.6. The van der Waals surface area contributed by atoms with Crippen LogP contribution in [0.25, 0.3) is 0 Å². The fraction of sp³-hybridized carbons (Fsp3) is 0.533. The number of aliphatic hydroxyl groups is 1. The van der Waals surface area contributed by atoms with Crippen molar-refractivity contribution in [3.63, 3.8) is 0 Å². The normalized spacial score (nSPS) is 16.6. The van der Waals surface area contributed by atoms with Crippen molar-refractivity contribution in [3.8, 4) is 0 Å². The lowest BCUT2D eigenvalue weighted by Crippen LogP contribution is -2.28. The Balaban J connectivity index is 2.22. The summed E-state index contributed by atoms with van der Waals surface area (Å²) in [5, 5.41) is 12.1. The number of rotatable bonds is 3. The molecular formula is C15H20FNO3. The van der Waals surface area contributed by atoms with Gasteiger partial charge in [-0.05, 0) is 57.4 Å². The molecule has 1 aromatic rings. The average Bonchev–Trinajstić information content (AvgIpc) is 3.10. The molecule has 0 radical (unpaired) electrons. The molecule has 1 amide bonds. The van der Waals surface area contributed by atoms with Gasteiger partial charge in [0, 0.05) is 11.1 Å². The van der Waals surface area contributed by atoms with Crippen LogP contribution in [-0.2, 0) is 10.2 Å². The minimum Gasteiger partial charge on any atom is -0.444 e. The van der Waals surface area contributed by atoms with E-state index in [4.69, 9.17) is 4.74 Å². The number of anilines is 1. The minimum atomic E-state index is -0.599. The first kappa shape index (κ1) is 14.8. The topological polar surface area (TPSA) is 58.6 Å². The Kier molecular flexibility index (Phi) is 3.73. The SMILES string of the molecule is CC(C)(C)OC(=O)Nc1ccc(F)cc1C1(CO)CC1. The van der Waals surface area contributed by atoms with Gasteiger partial charge in [0.15, 0.2) is 0 Å². The first-order valence-electron chi connectivity index (χ1n) is 6.67. The predicted molar refractivity (Wildman–Crippen MR) is 74.3 cm³/mol. The van der Waals surface area contributed by atoms with Crippen LogP contribution >= 0.6 is 0 Å². The molecule has 1 aliphatic rings. The Bertz CT molecular complexity index is 518. The smallest absolute Gasteiger partial charge is 0.412 e. The fourth-order valence-electron chi connectivity index (χ4n) is 2.14. The van der Waals surface area contributed by atoms with Crippen molar-refractivity contribution < 1.29 is 19.0 Å². The van der Waals surface area contributed by atoms with E-state index in [2.05, 4.69) is 5.32 Å². The van der Waals surface area contributed by atoms with Gasteiger partial charge < -0.3 is 9.84 Å². The molecule has 1 fully saturated rings.